The van der Waals surface area contributed by atoms with Gasteiger partial charge in [-0.2, -0.15) is 18.2 Å². The number of nitrogens with one attached hydrogen (secondary N) is 2. The quantitative estimate of drug-likeness (QED) is 0.129. The third-order valence-corrected chi connectivity index (χ3v) is 15.2. The summed E-state index contributed by atoms with van der Waals surface area (Å²) in [5.74, 6) is -2.66. The van der Waals surface area contributed by atoms with Crippen molar-refractivity contribution >= 4 is 55.6 Å². The molecule has 67 heavy (non-hydrogen) atoms. The number of rotatable bonds is 10. The van der Waals surface area contributed by atoms with E-state index >= 15 is 4.79 Å². The van der Waals surface area contributed by atoms with Gasteiger partial charge in [-0.3, -0.25) is 23.9 Å². The zero-order chi connectivity index (χ0) is 47.3. The summed E-state index contributed by atoms with van der Waals surface area (Å²) in [4.78, 5) is 68.0. The molecule has 2 aliphatic carbocycles. The van der Waals surface area contributed by atoms with Crippen LogP contribution in [0.2, 0.25) is 0 Å². The van der Waals surface area contributed by atoms with Crippen LogP contribution in [0.5, 0.6) is 5.88 Å². The predicted octanol–water partition coefficient (Wildman–Crippen LogP) is 8.50. The Morgan fingerprint density at radius 2 is 1.75 bits per heavy atom. The molecule has 2 N–H and O–H groups in total. The number of nitrogens with zero attached hydrogens (tertiary/aromatic N) is 3. The highest BCUT2D eigenvalue weighted by atomic mass is 32.2. The average molecular weight is 940 g/mol. The van der Waals surface area contributed by atoms with E-state index in [0.717, 1.165) is 30.5 Å². The largest absolute Gasteiger partial charge is 0.470 e. The Bertz CT molecular complexity index is 2880. The zero-order valence-corrected chi connectivity index (χ0v) is 38.0. The number of aromatic nitrogens is 2. The van der Waals surface area contributed by atoms with Crippen LogP contribution in [0.3, 0.4) is 0 Å². The number of sulfonamides is 1. The van der Waals surface area contributed by atoms with Gasteiger partial charge in [0.1, 0.15) is 17.2 Å². The number of alkyl halides is 3. The van der Waals surface area contributed by atoms with Crippen molar-refractivity contribution in [3.63, 3.8) is 0 Å². The molecule has 2 aromatic heterocycles. The van der Waals surface area contributed by atoms with Crippen molar-refractivity contribution in [3.05, 3.63) is 102 Å². The Labute approximate surface area is 386 Å². The number of amides is 3. The lowest BCUT2D eigenvalue weighted by molar-refractivity contribution is -0.142. The standard InChI is InChI=1S/C50H52F3N5O8S/c1-29(2)54-45(60)32-13-10-11-30(23-32)24-33-12-6-4-3-5-7-14-35-26-49(35,48(62)57-67(63,64)37-21-22-37)27-40(59)39-25-36(28-58(39)47(33)61)65-46-43-42(38-15-8-9-16-41(38)66-43)55-44(56-46)31-17-19-34(20-18-31)50(51,52)53/h7-11,13-20,23,29,33,35-37,39H,3-6,12,21-22,24-28H2,1-2H3,(H,54,60)(H,57,62)/b14-7-/t33-,35-,36-,39+,49-/m1/s1. The third kappa shape index (κ3) is 9.83. The highest BCUT2D eigenvalue weighted by Crippen LogP contribution is 2.57. The van der Waals surface area contributed by atoms with Crippen LogP contribution in [0, 0.1) is 17.3 Å². The molecule has 17 heteroatoms. The van der Waals surface area contributed by atoms with E-state index in [-0.39, 0.29) is 78.9 Å². The van der Waals surface area contributed by atoms with Crippen molar-refractivity contribution in [2.24, 2.45) is 17.3 Å². The third-order valence-electron chi connectivity index (χ3n) is 13.4. The summed E-state index contributed by atoms with van der Waals surface area (Å²) in [5.41, 5.74) is 0.301. The molecule has 5 aromatic rings. The van der Waals surface area contributed by atoms with Crippen LogP contribution < -0.4 is 14.8 Å². The van der Waals surface area contributed by atoms with Gasteiger partial charge >= 0.3 is 6.18 Å². The van der Waals surface area contributed by atoms with Gasteiger partial charge in [0.05, 0.1) is 28.8 Å². The van der Waals surface area contributed by atoms with E-state index in [2.05, 4.69) is 15.0 Å². The summed E-state index contributed by atoms with van der Waals surface area (Å²) in [5, 5.41) is 2.87. The molecule has 2 saturated carbocycles. The molecular formula is C50H52F3N5O8S. The number of hydrogen-bond acceptors (Lipinski definition) is 10. The van der Waals surface area contributed by atoms with Gasteiger partial charge in [0.25, 0.3) is 11.8 Å². The van der Waals surface area contributed by atoms with Gasteiger partial charge in [-0.15, -0.1) is 0 Å². The Hall–Kier alpha value is -6.10. The molecule has 0 bridgehead atoms. The lowest BCUT2D eigenvalue weighted by Gasteiger charge is -2.29. The second-order valence-electron chi connectivity index (χ2n) is 18.8. The van der Waals surface area contributed by atoms with Crippen LogP contribution in [-0.2, 0) is 37.0 Å². The smallest absolute Gasteiger partial charge is 0.416 e. The van der Waals surface area contributed by atoms with E-state index in [0.29, 0.717) is 54.2 Å². The van der Waals surface area contributed by atoms with Gasteiger partial charge in [0, 0.05) is 41.3 Å². The number of hydrogen-bond donors (Lipinski definition) is 2. The van der Waals surface area contributed by atoms with Gasteiger partial charge in [-0.05, 0) is 107 Å². The number of ether oxygens (including phenoxy) is 1. The second-order valence-corrected chi connectivity index (χ2v) is 20.7. The minimum absolute atomic E-state index is 0.0118. The molecule has 2 aliphatic heterocycles. The molecule has 5 atom stereocenters. The van der Waals surface area contributed by atoms with E-state index in [1.54, 1.807) is 42.5 Å². The lowest BCUT2D eigenvalue weighted by Crippen LogP contribution is -2.46. The van der Waals surface area contributed by atoms with Crippen LogP contribution in [0.15, 0.2) is 89.4 Å². The molecule has 1 saturated heterocycles. The molecule has 13 nitrogen and oxygen atoms in total. The summed E-state index contributed by atoms with van der Waals surface area (Å²) >= 11 is 0. The van der Waals surface area contributed by atoms with Crippen molar-refractivity contribution in [1.29, 1.82) is 0 Å². The number of para-hydroxylation sites is 1. The van der Waals surface area contributed by atoms with E-state index in [4.69, 9.17) is 14.1 Å². The molecule has 4 aliphatic rings. The Kier molecular flexibility index (Phi) is 12.5. The monoisotopic (exact) mass is 939 g/mol. The van der Waals surface area contributed by atoms with Gasteiger partial charge in [-0.1, -0.05) is 61.4 Å². The topological polar surface area (TPSA) is 178 Å². The molecule has 3 fully saturated rings. The van der Waals surface area contributed by atoms with Crippen molar-refractivity contribution in [2.75, 3.05) is 6.54 Å². The first-order valence-corrected chi connectivity index (χ1v) is 24.5. The molecule has 0 radical (unpaired) electrons. The molecular weight excluding hydrogens is 888 g/mol. The number of halogens is 3. The Morgan fingerprint density at radius 1 is 0.970 bits per heavy atom. The highest BCUT2D eigenvalue weighted by molar-refractivity contribution is 7.90. The SMILES string of the molecule is CC(C)NC(=O)c1cccc(C[C@H]2CCCCC/C=C\[C@@H]3C[C@@]3(C(=O)NS(=O)(=O)C3CC3)CC(=O)[C@@H]3C[C@@H](Oc4nc(-c5ccc(C(F)(F)F)cc5)nc5c4oc4ccccc45)CN3C2=O)c1. The fourth-order valence-corrected chi connectivity index (χ4v) is 10.9. The number of furan rings is 1. The minimum Gasteiger partial charge on any atom is -0.470 e. The molecule has 352 valence electrons. The first-order valence-electron chi connectivity index (χ1n) is 23.0. The van der Waals surface area contributed by atoms with Crippen LogP contribution in [0.25, 0.3) is 33.5 Å². The van der Waals surface area contributed by atoms with Gasteiger partial charge in [-0.25, -0.2) is 13.4 Å². The number of carbonyl (C=O) groups is 4. The van der Waals surface area contributed by atoms with Gasteiger partial charge in [0.2, 0.25) is 27.4 Å². The van der Waals surface area contributed by atoms with Crippen molar-refractivity contribution in [2.45, 2.75) is 114 Å². The molecule has 0 spiro atoms. The summed E-state index contributed by atoms with van der Waals surface area (Å²) in [7, 11) is -3.93. The van der Waals surface area contributed by atoms with E-state index in [9.17, 15) is 36.0 Å². The lowest BCUT2D eigenvalue weighted by atomic mass is 9.89. The Morgan fingerprint density at radius 3 is 2.49 bits per heavy atom. The zero-order valence-electron chi connectivity index (χ0n) is 37.2. The second kappa shape index (κ2) is 18.2. The highest BCUT2D eigenvalue weighted by Gasteiger charge is 2.61. The molecule has 0 unspecified atom stereocenters. The maximum atomic E-state index is 15.2. The first kappa shape index (κ1) is 46.0. The van der Waals surface area contributed by atoms with Crippen molar-refractivity contribution in [1.82, 2.24) is 24.9 Å². The van der Waals surface area contributed by atoms with Crippen molar-refractivity contribution < 1.29 is 49.9 Å². The average Bonchev–Trinajstić information content (AvgIpc) is 4.19. The number of Topliss-reactive ketones (excluding diaryl/α,β-unsaturated/α-hetero) is 1. The fourth-order valence-electron chi connectivity index (χ4n) is 9.53. The molecule has 9 rings (SSSR count). The molecule has 3 aromatic carbocycles. The number of carbonyl (C=O) groups excluding carboxylic acids is 4. The maximum Gasteiger partial charge on any atom is 0.416 e. The number of ketones is 1. The summed E-state index contributed by atoms with van der Waals surface area (Å²) in [6, 6.07) is 17.5. The minimum atomic E-state index is -4.56. The van der Waals surface area contributed by atoms with Crippen LogP contribution >= 0.6 is 0 Å². The molecule has 3 amide bonds. The van der Waals surface area contributed by atoms with E-state index < -0.39 is 62.2 Å². The summed E-state index contributed by atoms with van der Waals surface area (Å²) < 4.78 is 81.9. The fraction of sp³-hybridized carbons (Fsp3) is 0.440. The van der Waals surface area contributed by atoms with E-state index in [1.165, 1.54) is 17.0 Å². The number of benzene rings is 3. The van der Waals surface area contributed by atoms with Crippen molar-refractivity contribution in [3.8, 4) is 17.3 Å². The van der Waals surface area contributed by atoms with Crippen LogP contribution in [0.1, 0.15) is 99.5 Å². The first-order chi connectivity index (χ1) is 32.0. The van der Waals surface area contributed by atoms with Crippen LogP contribution in [0.4, 0.5) is 13.2 Å². The number of allylic oxidation sites excluding steroid dienone is 2. The van der Waals surface area contributed by atoms with Gasteiger partial charge < -0.3 is 19.4 Å². The Balaban J connectivity index is 1.07. The summed E-state index contributed by atoms with van der Waals surface area (Å²) in [6.07, 6.45) is 3.13. The van der Waals surface area contributed by atoms with E-state index in [1.807, 2.05) is 32.1 Å². The number of fused-ring (bicyclic) bond motifs is 5. The molecule has 4 heterocycles. The summed E-state index contributed by atoms with van der Waals surface area (Å²) in [6.45, 7) is 3.67. The predicted molar refractivity (Wildman–Crippen MR) is 243 cm³/mol. The maximum absolute atomic E-state index is 15.2. The normalized spacial score (nSPS) is 24.4. The van der Waals surface area contributed by atoms with Gasteiger partial charge in [0.15, 0.2) is 11.6 Å². The van der Waals surface area contributed by atoms with Crippen LogP contribution in [-0.4, -0.2) is 76.8 Å².